The summed E-state index contributed by atoms with van der Waals surface area (Å²) in [6, 6.07) is 15.6. The number of hydrogen-bond acceptors (Lipinski definition) is 2. The Hall–Kier alpha value is -2.49. The first-order valence-electron chi connectivity index (χ1n) is 6.63. The van der Waals surface area contributed by atoms with Crippen LogP contribution in [0.1, 0.15) is 17.2 Å². The Morgan fingerprint density at radius 3 is 2.65 bits per heavy atom. The fourth-order valence-electron chi connectivity index (χ4n) is 2.44. The molecule has 0 spiro atoms. The summed E-state index contributed by atoms with van der Waals surface area (Å²) in [4.78, 5) is 13.8. The van der Waals surface area contributed by atoms with Crippen molar-refractivity contribution >= 4 is 17.4 Å². The van der Waals surface area contributed by atoms with Gasteiger partial charge in [-0.1, -0.05) is 35.9 Å². The van der Waals surface area contributed by atoms with Gasteiger partial charge in [0.05, 0.1) is 12.6 Å². The Morgan fingerprint density at radius 1 is 1.20 bits per heavy atom. The van der Waals surface area contributed by atoms with Crippen molar-refractivity contribution in [3.05, 3.63) is 59.7 Å². The zero-order valence-electron chi connectivity index (χ0n) is 11.3. The van der Waals surface area contributed by atoms with E-state index in [9.17, 15) is 4.79 Å². The van der Waals surface area contributed by atoms with Gasteiger partial charge in [0, 0.05) is 11.4 Å². The van der Waals surface area contributed by atoms with Crippen LogP contribution in [-0.4, -0.2) is 12.6 Å². The van der Waals surface area contributed by atoms with Gasteiger partial charge in [0.15, 0.2) is 0 Å². The maximum Gasteiger partial charge on any atom is 0.322 e. The van der Waals surface area contributed by atoms with Crippen molar-refractivity contribution in [2.45, 2.75) is 13.0 Å². The third kappa shape index (κ3) is 2.32. The lowest BCUT2D eigenvalue weighted by atomic mass is 10.1. The highest BCUT2D eigenvalue weighted by Gasteiger charge is 2.30. The number of hydrogen-bond donors (Lipinski definition) is 2. The molecule has 0 aliphatic carbocycles. The highest BCUT2D eigenvalue weighted by molar-refractivity contribution is 5.95. The lowest BCUT2D eigenvalue weighted by Crippen LogP contribution is -2.27. The van der Waals surface area contributed by atoms with Crippen molar-refractivity contribution in [1.82, 2.24) is 5.32 Å². The molecular weight excluding hydrogens is 250 g/mol. The molecule has 4 nitrogen and oxygen atoms in total. The molecule has 0 bridgehead atoms. The summed E-state index contributed by atoms with van der Waals surface area (Å²) < 4.78 is 0. The fraction of sp³-hybridized carbons (Fsp3) is 0.188. The number of benzene rings is 2. The van der Waals surface area contributed by atoms with E-state index in [-0.39, 0.29) is 12.1 Å². The summed E-state index contributed by atoms with van der Waals surface area (Å²) in [5.41, 5.74) is 9.60. The van der Waals surface area contributed by atoms with E-state index < -0.39 is 0 Å². The Balaban J connectivity index is 1.83. The summed E-state index contributed by atoms with van der Waals surface area (Å²) in [6.45, 7) is 2.67. The molecule has 1 aliphatic heterocycles. The van der Waals surface area contributed by atoms with E-state index in [0.717, 1.165) is 11.3 Å². The number of amides is 2. The van der Waals surface area contributed by atoms with Crippen LogP contribution >= 0.6 is 0 Å². The maximum absolute atomic E-state index is 12.1. The number of nitrogens with two attached hydrogens (primary N) is 1. The van der Waals surface area contributed by atoms with Crippen LogP contribution in [0.4, 0.5) is 16.2 Å². The summed E-state index contributed by atoms with van der Waals surface area (Å²) in [5, 5.41) is 3.00. The smallest absolute Gasteiger partial charge is 0.322 e. The van der Waals surface area contributed by atoms with Crippen LogP contribution in [0.5, 0.6) is 0 Å². The molecule has 1 unspecified atom stereocenters. The third-order valence-electron chi connectivity index (χ3n) is 3.57. The molecule has 20 heavy (non-hydrogen) atoms. The highest BCUT2D eigenvalue weighted by atomic mass is 16.2. The Kier molecular flexibility index (Phi) is 3.06. The van der Waals surface area contributed by atoms with Gasteiger partial charge in [-0.25, -0.2) is 4.79 Å². The summed E-state index contributed by atoms with van der Waals surface area (Å²) in [7, 11) is 0. The lowest BCUT2D eigenvalue weighted by Gasteiger charge is -2.15. The molecule has 2 aromatic carbocycles. The van der Waals surface area contributed by atoms with Crippen LogP contribution in [0.15, 0.2) is 48.5 Å². The van der Waals surface area contributed by atoms with Gasteiger partial charge in [-0.3, -0.25) is 4.90 Å². The number of carbonyl (C=O) groups is 1. The number of nitrogen functional groups attached to an aromatic ring is 1. The van der Waals surface area contributed by atoms with Gasteiger partial charge < -0.3 is 11.1 Å². The van der Waals surface area contributed by atoms with Gasteiger partial charge in [0.25, 0.3) is 0 Å². The second kappa shape index (κ2) is 4.89. The number of carbonyl (C=O) groups excluding carboxylic acids is 1. The van der Waals surface area contributed by atoms with E-state index in [4.69, 9.17) is 5.73 Å². The topological polar surface area (TPSA) is 58.4 Å². The van der Waals surface area contributed by atoms with Gasteiger partial charge in [-0.2, -0.15) is 0 Å². The summed E-state index contributed by atoms with van der Waals surface area (Å²) >= 11 is 0. The highest BCUT2D eigenvalue weighted by Crippen LogP contribution is 2.26. The molecule has 1 aliphatic rings. The quantitative estimate of drug-likeness (QED) is 0.822. The molecule has 3 rings (SSSR count). The van der Waals surface area contributed by atoms with Crippen molar-refractivity contribution in [3.63, 3.8) is 0 Å². The largest absolute Gasteiger partial charge is 0.399 e. The average Bonchev–Trinajstić information content (AvgIpc) is 2.82. The van der Waals surface area contributed by atoms with Crippen molar-refractivity contribution in [3.8, 4) is 0 Å². The van der Waals surface area contributed by atoms with Crippen LogP contribution < -0.4 is 16.0 Å². The van der Waals surface area contributed by atoms with E-state index in [1.54, 1.807) is 4.90 Å². The Bertz CT molecular complexity index is 636. The van der Waals surface area contributed by atoms with E-state index in [1.165, 1.54) is 5.56 Å². The van der Waals surface area contributed by atoms with Gasteiger partial charge in [-0.15, -0.1) is 0 Å². The first-order chi connectivity index (χ1) is 9.63. The fourth-order valence-corrected chi connectivity index (χ4v) is 2.44. The average molecular weight is 267 g/mol. The number of rotatable bonds is 2. The van der Waals surface area contributed by atoms with Crippen LogP contribution in [0, 0.1) is 6.92 Å². The van der Waals surface area contributed by atoms with Crippen LogP contribution in [0.3, 0.4) is 0 Å². The van der Waals surface area contributed by atoms with Gasteiger partial charge >= 0.3 is 6.03 Å². The third-order valence-corrected chi connectivity index (χ3v) is 3.57. The molecular formula is C16H17N3O. The normalized spacial score (nSPS) is 18.1. The molecule has 1 fully saturated rings. The molecule has 1 saturated heterocycles. The lowest BCUT2D eigenvalue weighted by molar-refractivity contribution is 0.251. The molecule has 1 heterocycles. The number of nitrogens with one attached hydrogen (secondary N) is 1. The number of aryl methyl sites for hydroxylation is 1. The molecule has 0 radical (unpaired) electrons. The van der Waals surface area contributed by atoms with Crippen molar-refractivity contribution in [2.75, 3.05) is 17.2 Å². The van der Waals surface area contributed by atoms with Gasteiger partial charge in [-0.05, 0) is 30.7 Å². The van der Waals surface area contributed by atoms with Crippen molar-refractivity contribution < 1.29 is 4.79 Å². The van der Waals surface area contributed by atoms with Crippen molar-refractivity contribution in [2.24, 2.45) is 0 Å². The van der Waals surface area contributed by atoms with E-state index in [2.05, 4.69) is 36.5 Å². The minimum absolute atomic E-state index is 0.0181. The van der Waals surface area contributed by atoms with Crippen LogP contribution in [0.25, 0.3) is 0 Å². The number of urea groups is 1. The number of nitrogens with zero attached hydrogens (tertiary/aromatic N) is 1. The molecule has 3 N–H and O–H groups in total. The van der Waals surface area contributed by atoms with E-state index >= 15 is 0 Å². The molecule has 2 amide bonds. The summed E-state index contributed by atoms with van der Waals surface area (Å²) in [5.74, 6) is 0. The van der Waals surface area contributed by atoms with E-state index in [1.807, 2.05) is 24.3 Å². The van der Waals surface area contributed by atoms with Crippen LogP contribution in [-0.2, 0) is 0 Å². The zero-order valence-corrected chi connectivity index (χ0v) is 11.3. The SMILES string of the molecule is Cc1ccc(C2CN(c3cccc(N)c3)C(=O)N2)cc1. The molecule has 0 saturated carbocycles. The minimum Gasteiger partial charge on any atom is -0.399 e. The number of anilines is 2. The predicted molar refractivity (Wildman–Crippen MR) is 80.7 cm³/mol. The molecule has 0 aromatic heterocycles. The molecule has 4 heteroatoms. The zero-order chi connectivity index (χ0) is 14.1. The predicted octanol–water partition coefficient (Wildman–Crippen LogP) is 2.85. The van der Waals surface area contributed by atoms with Crippen LogP contribution in [0.2, 0.25) is 0 Å². The molecule has 2 aromatic rings. The molecule has 102 valence electrons. The van der Waals surface area contributed by atoms with E-state index in [0.29, 0.717) is 12.2 Å². The molecule has 1 atom stereocenters. The van der Waals surface area contributed by atoms with Crippen molar-refractivity contribution in [1.29, 1.82) is 0 Å². The summed E-state index contributed by atoms with van der Waals surface area (Å²) in [6.07, 6.45) is 0. The monoisotopic (exact) mass is 267 g/mol. The second-order valence-corrected chi connectivity index (χ2v) is 5.12. The first-order valence-corrected chi connectivity index (χ1v) is 6.63. The minimum atomic E-state index is -0.0822. The Morgan fingerprint density at radius 2 is 1.95 bits per heavy atom. The first kappa shape index (κ1) is 12.5. The maximum atomic E-state index is 12.1. The van der Waals surface area contributed by atoms with Gasteiger partial charge in [0.2, 0.25) is 0 Å². The second-order valence-electron chi connectivity index (χ2n) is 5.12. The van der Waals surface area contributed by atoms with Gasteiger partial charge in [0.1, 0.15) is 0 Å². The Labute approximate surface area is 118 Å². The standard InChI is InChI=1S/C16H17N3O/c1-11-5-7-12(8-6-11)15-10-19(16(20)18-15)14-4-2-3-13(17)9-14/h2-9,15H,10,17H2,1H3,(H,18,20).